The van der Waals surface area contributed by atoms with Crippen LogP contribution in [0.3, 0.4) is 0 Å². The number of pyridine rings is 1. The van der Waals surface area contributed by atoms with Crippen LogP contribution >= 0.6 is 0 Å². The van der Waals surface area contributed by atoms with Gasteiger partial charge >= 0.3 is 0 Å². The second-order valence-corrected chi connectivity index (χ2v) is 7.14. The van der Waals surface area contributed by atoms with Crippen molar-refractivity contribution >= 4 is 11.5 Å². The Bertz CT molecular complexity index is 444. The zero-order valence-corrected chi connectivity index (χ0v) is 11.7. The number of hydrogen-bond acceptors (Lipinski definition) is 3. The molecule has 0 aliphatic heterocycles. The lowest BCUT2D eigenvalue weighted by atomic mass is 9.52. The first-order valence-electron chi connectivity index (χ1n) is 7.60. The normalized spacial score (nSPS) is 39.5. The molecule has 19 heavy (non-hydrogen) atoms. The summed E-state index contributed by atoms with van der Waals surface area (Å²) in [6, 6.07) is 4.05. The molecule has 5 rings (SSSR count). The smallest absolute Gasteiger partial charge is 0.123 e. The first kappa shape index (κ1) is 11.6. The monoisotopic (exact) mass is 257 g/mol. The van der Waals surface area contributed by atoms with Gasteiger partial charge in [-0.2, -0.15) is 0 Å². The number of nitrogen functional groups attached to an aromatic ring is 1. The Kier molecular flexibility index (Phi) is 2.36. The molecule has 4 aliphatic rings. The van der Waals surface area contributed by atoms with Gasteiger partial charge in [-0.05, 0) is 68.4 Å². The molecular weight excluding hydrogens is 234 g/mol. The number of anilines is 2. The molecule has 0 aromatic carbocycles. The van der Waals surface area contributed by atoms with Gasteiger partial charge in [-0.25, -0.2) is 4.98 Å². The Morgan fingerprint density at radius 2 is 1.68 bits per heavy atom. The van der Waals surface area contributed by atoms with Crippen LogP contribution in [-0.2, 0) is 0 Å². The number of hydrogen-bond donors (Lipinski definition) is 1. The quantitative estimate of drug-likeness (QED) is 0.885. The van der Waals surface area contributed by atoms with E-state index in [2.05, 4.69) is 23.0 Å². The fraction of sp³-hybridized carbons (Fsp3) is 0.688. The fourth-order valence-electron chi connectivity index (χ4n) is 5.35. The van der Waals surface area contributed by atoms with Crippen LogP contribution in [0.5, 0.6) is 0 Å². The molecule has 0 saturated heterocycles. The van der Waals surface area contributed by atoms with E-state index in [4.69, 9.17) is 5.73 Å². The Hall–Kier alpha value is -1.25. The molecule has 0 unspecified atom stereocenters. The van der Waals surface area contributed by atoms with Gasteiger partial charge in [0.1, 0.15) is 5.82 Å². The van der Waals surface area contributed by atoms with E-state index in [1.165, 1.54) is 44.2 Å². The Balaban J connectivity index is 1.65. The molecule has 102 valence electrons. The summed E-state index contributed by atoms with van der Waals surface area (Å²) >= 11 is 0. The van der Waals surface area contributed by atoms with Crippen molar-refractivity contribution in [3.8, 4) is 0 Å². The molecule has 4 fully saturated rings. The molecule has 0 amide bonds. The average molecular weight is 257 g/mol. The number of nitrogens with zero attached hydrogens (tertiary/aromatic N) is 2. The van der Waals surface area contributed by atoms with E-state index in [9.17, 15) is 0 Å². The van der Waals surface area contributed by atoms with Crippen molar-refractivity contribution < 1.29 is 0 Å². The van der Waals surface area contributed by atoms with Crippen molar-refractivity contribution in [1.82, 2.24) is 4.98 Å². The van der Waals surface area contributed by atoms with Gasteiger partial charge in [-0.1, -0.05) is 0 Å². The number of aromatic nitrogens is 1. The highest BCUT2D eigenvalue weighted by Gasteiger charge is 2.52. The third-order valence-corrected chi connectivity index (χ3v) is 5.88. The molecule has 1 aromatic heterocycles. The Morgan fingerprint density at radius 1 is 1.11 bits per heavy atom. The largest absolute Gasteiger partial charge is 0.384 e. The maximum absolute atomic E-state index is 5.70. The first-order chi connectivity index (χ1) is 9.14. The van der Waals surface area contributed by atoms with E-state index < -0.39 is 0 Å². The topological polar surface area (TPSA) is 42.1 Å². The summed E-state index contributed by atoms with van der Waals surface area (Å²) in [5, 5.41) is 0. The van der Waals surface area contributed by atoms with Gasteiger partial charge in [0, 0.05) is 12.6 Å². The van der Waals surface area contributed by atoms with Crippen molar-refractivity contribution in [1.29, 1.82) is 0 Å². The highest BCUT2D eigenvalue weighted by Crippen LogP contribution is 2.58. The Labute approximate surface area is 115 Å². The van der Waals surface area contributed by atoms with Gasteiger partial charge in [-0.3, -0.25) is 0 Å². The van der Waals surface area contributed by atoms with Crippen LogP contribution in [0.2, 0.25) is 0 Å². The molecule has 4 saturated carbocycles. The zero-order valence-electron chi connectivity index (χ0n) is 11.7. The van der Waals surface area contributed by atoms with Crippen LogP contribution in [0.15, 0.2) is 18.3 Å². The lowest BCUT2D eigenvalue weighted by molar-refractivity contribution is -0.00202. The SMILES string of the molecule is CN(c1ccc(N)nc1)C12CC3CC(CC(C3)C1)C2. The predicted octanol–water partition coefficient (Wildman–Crippen LogP) is 3.07. The number of nitrogens with two attached hydrogens (primary N) is 1. The third kappa shape index (κ3) is 1.74. The second-order valence-electron chi connectivity index (χ2n) is 7.14. The molecule has 0 atom stereocenters. The van der Waals surface area contributed by atoms with Crippen molar-refractivity contribution in [3.63, 3.8) is 0 Å². The molecule has 1 heterocycles. The predicted molar refractivity (Wildman–Crippen MR) is 78.0 cm³/mol. The van der Waals surface area contributed by atoms with Crippen LogP contribution in [0.1, 0.15) is 38.5 Å². The van der Waals surface area contributed by atoms with E-state index >= 15 is 0 Å². The molecule has 3 nitrogen and oxygen atoms in total. The third-order valence-electron chi connectivity index (χ3n) is 5.88. The highest BCUT2D eigenvalue weighted by molar-refractivity contribution is 5.50. The van der Waals surface area contributed by atoms with E-state index in [0.717, 1.165) is 17.8 Å². The maximum atomic E-state index is 5.70. The lowest BCUT2D eigenvalue weighted by Gasteiger charge is -2.60. The minimum absolute atomic E-state index is 0.409. The summed E-state index contributed by atoms with van der Waals surface area (Å²) in [6.07, 6.45) is 10.6. The van der Waals surface area contributed by atoms with Gasteiger partial charge in [0.25, 0.3) is 0 Å². The van der Waals surface area contributed by atoms with Crippen molar-refractivity contribution in [2.75, 3.05) is 17.7 Å². The molecule has 4 bridgehead atoms. The van der Waals surface area contributed by atoms with Crippen molar-refractivity contribution in [2.24, 2.45) is 17.8 Å². The van der Waals surface area contributed by atoms with Gasteiger partial charge in [-0.15, -0.1) is 0 Å². The molecule has 4 aliphatic carbocycles. The minimum Gasteiger partial charge on any atom is -0.384 e. The Morgan fingerprint density at radius 3 is 2.16 bits per heavy atom. The molecule has 2 N–H and O–H groups in total. The molecule has 3 heteroatoms. The summed E-state index contributed by atoms with van der Waals surface area (Å²) in [6.45, 7) is 0. The molecule has 0 radical (unpaired) electrons. The second kappa shape index (κ2) is 3.87. The zero-order chi connectivity index (χ0) is 13.0. The lowest BCUT2D eigenvalue weighted by Crippen LogP contribution is -2.59. The molecule has 1 aromatic rings. The van der Waals surface area contributed by atoms with E-state index in [0.29, 0.717) is 11.4 Å². The summed E-state index contributed by atoms with van der Waals surface area (Å²) in [5.41, 5.74) is 7.35. The average Bonchev–Trinajstić information content (AvgIpc) is 2.37. The van der Waals surface area contributed by atoms with Gasteiger partial charge < -0.3 is 10.6 Å². The molecular formula is C16H23N3. The number of rotatable bonds is 2. The van der Waals surface area contributed by atoms with Gasteiger partial charge in [0.05, 0.1) is 11.9 Å². The summed E-state index contributed by atoms with van der Waals surface area (Å²) in [5.74, 6) is 3.56. The fourth-order valence-corrected chi connectivity index (χ4v) is 5.35. The van der Waals surface area contributed by atoms with Crippen molar-refractivity contribution in [3.05, 3.63) is 18.3 Å². The van der Waals surface area contributed by atoms with E-state index in [-0.39, 0.29) is 0 Å². The van der Waals surface area contributed by atoms with Gasteiger partial charge in [0.15, 0.2) is 0 Å². The van der Waals surface area contributed by atoms with Crippen LogP contribution in [0.4, 0.5) is 11.5 Å². The standard InChI is InChI=1S/C16H23N3/c1-19(14-2-3-15(17)18-10-14)16-7-11-4-12(8-16)6-13(5-11)9-16/h2-3,10-13H,4-9H2,1H3,(H2,17,18). The maximum Gasteiger partial charge on any atom is 0.123 e. The first-order valence-corrected chi connectivity index (χ1v) is 7.60. The van der Waals surface area contributed by atoms with Crippen LogP contribution < -0.4 is 10.6 Å². The molecule has 0 spiro atoms. The van der Waals surface area contributed by atoms with Gasteiger partial charge in [0.2, 0.25) is 0 Å². The minimum atomic E-state index is 0.409. The summed E-state index contributed by atoms with van der Waals surface area (Å²) in [4.78, 5) is 6.78. The highest BCUT2D eigenvalue weighted by atomic mass is 15.2. The summed E-state index contributed by atoms with van der Waals surface area (Å²) < 4.78 is 0. The van der Waals surface area contributed by atoms with E-state index in [1.54, 1.807) is 0 Å². The van der Waals surface area contributed by atoms with E-state index in [1.807, 2.05) is 12.3 Å². The van der Waals surface area contributed by atoms with Crippen LogP contribution in [0, 0.1) is 17.8 Å². The van der Waals surface area contributed by atoms with Crippen LogP contribution in [0.25, 0.3) is 0 Å². The van der Waals surface area contributed by atoms with Crippen molar-refractivity contribution in [2.45, 2.75) is 44.1 Å². The van der Waals surface area contributed by atoms with Crippen LogP contribution in [-0.4, -0.2) is 17.6 Å². The summed E-state index contributed by atoms with van der Waals surface area (Å²) in [7, 11) is 2.26.